The molecule has 2 atom stereocenters. The topological polar surface area (TPSA) is 93.1 Å². The van der Waals surface area contributed by atoms with E-state index in [1.165, 1.54) is 16.8 Å². The average molecular weight is 559 g/mol. The summed E-state index contributed by atoms with van der Waals surface area (Å²) >= 11 is 1.21. The molecule has 1 N–H and O–H groups in total. The molecule has 2 aromatic carbocycles. The van der Waals surface area contributed by atoms with E-state index >= 15 is 0 Å². The van der Waals surface area contributed by atoms with Gasteiger partial charge in [-0.3, -0.25) is 14.6 Å². The van der Waals surface area contributed by atoms with Crippen LogP contribution in [0.15, 0.2) is 72.0 Å². The molecule has 0 spiro atoms. The number of ether oxygens (including phenoxy) is 2. The minimum Gasteiger partial charge on any atom is -0.493 e. The molecule has 2 heterocycles. The Bertz CT molecular complexity index is 1370. The zero-order valence-electron chi connectivity index (χ0n) is 23.0. The van der Waals surface area contributed by atoms with Crippen molar-refractivity contribution in [3.8, 4) is 11.5 Å². The number of aryl methyl sites for hydroxylation is 1. The minimum absolute atomic E-state index is 0.151. The lowest BCUT2D eigenvalue weighted by atomic mass is 10.0. The number of aromatic nitrogens is 1. The van der Waals surface area contributed by atoms with E-state index in [0.29, 0.717) is 17.9 Å². The largest absolute Gasteiger partial charge is 0.493 e. The molecular formula is C31H34N4O4S. The number of amides is 2. The Labute approximate surface area is 239 Å². The Balaban J connectivity index is 1.53. The molecule has 2 unspecified atom stereocenters. The maximum absolute atomic E-state index is 13.5. The van der Waals surface area contributed by atoms with Crippen LogP contribution in [0.4, 0.5) is 4.79 Å². The fourth-order valence-corrected chi connectivity index (χ4v) is 5.94. The summed E-state index contributed by atoms with van der Waals surface area (Å²) < 4.78 is 11.9. The molecule has 1 aromatic heterocycles. The highest BCUT2D eigenvalue weighted by molar-refractivity contribution is 8.14. The Morgan fingerprint density at radius 2 is 1.88 bits per heavy atom. The molecule has 8 nitrogen and oxygen atoms in total. The molecule has 9 heteroatoms. The molecule has 5 rings (SSSR count). The maximum atomic E-state index is 13.5. The first-order valence-electron chi connectivity index (χ1n) is 13.7. The normalized spacial score (nSPS) is 18.3. The van der Waals surface area contributed by atoms with Gasteiger partial charge in [0.15, 0.2) is 17.7 Å². The number of hydrogen-bond donors (Lipinski definition) is 1. The van der Waals surface area contributed by atoms with Crippen LogP contribution in [0.2, 0.25) is 0 Å². The second kappa shape index (κ2) is 12.6. The van der Waals surface area contributed by atoms with E-state index in [2.05, 4.69) is 10.3 Å². The maximum Gasteiger partial charge on any atom is 0.304 e. The molecule has 1 fully saturated rings. The number of carbonyl (C=O) groups is 2. The van der Waals surface area contributed by atoms with Crippen LogP contribution in [-0.2, 0) is 0 Å². The van der Waals surface area contributed by atoms with Crippen LogP contribution in [0.5, 0.6) is 11.5 Å². The Kier molecular flexibility index (Phi) is 8.69. The number of hydrogen-bond acceptors (Lipinski definition) is 7. The van der Waals surface area contributed by atoms with Gasteiger partial charge in [-0.25, -0.2) is 0 Å². The molecule has 2 amide bonds. The summed E-state index contributed by atoms with van der Waals surface area (Å²) in [5, 5.41) is 8.88. The average Bonchev–Trinajstić information content (AvgIpc) is 3.50. The van der Waals surface area contributed by atoms with E-state index in [0.717, 1.165) is 48.1 Å². The summed E-state index contributed by atoms with van der Waals surface area (Å²) in [5.74, 6) is 0.951. The third-order valence-corrected chi connectivity index (χ3v) is 8.41. The van der Waals surface area contributed by atoms with Gasteiger partial charge in [-0.15, -0.1) is 0 Å². The van der Waals surface area contributed by atoms with Gasteiger partial charge in [-0.05, 0) is 74.9 Å². The molecule has 2 aliphatic rings. The van der Waals surface area contributed by atoms with E-state index in [4.69, 9.17) is 14.6 Å². The fourth-order valence-electron chi connectivity index (χ4n) is 4.98. The SMILES string of the molecule is CCC1SC(=O)N(C(NC(=O)c2ccccn2)c2ccc(C)cc2)N=C1c1ccc(OC)c(OC2CCCC2)c1. The van der Waals surface area contributed by atoms with Gasteiger partial charge in [0.1, 0.15) is 5.69 Å². The van der Waals surface area contributed by atoms with Crippen molar-refractivity contribution in [1.82, 2.24) is 15.3 Å². The summed E-state index contributed by atoms with van der Waals surface area (Å²) in [6.45, 7) is 4.03. The smallest absolute Gasteiger partial charge is 0.304 e. The van der Waals surface area contributed by atoms with Gasteiger partial charge in [-0.2, -0.15) is 10.1 Å². The van der Waals surface area contributed by atoms with Crippen LogP contribution < -0.4 is 14.8 Å². The summed E-state index contributed by atoms with van der Waals surface area (Å²) in [6.07, 6.45) is 6.00. The second-order valence-electron chi connectivity index (χ2n) is 10.0. The number of rotatable bonds is 9. The quantitative estimate of drug-likeness (QED) is 0.322. The van der Waals surface area contributed by atoms with Gasteiger partial charge in [0, 0.05) is 11.8 Å². The van der Waals surface area contributed by atoms with E-state index in [1.807, 2.05) is 56.3 Å². The highest BCUT2D eigenvalue weighted by atomic mass is 32.2. The standard InChI is InChI=1S/C31H34N4O4S/c1-4-27-28(22-16-17-25(38-3)26(19-22)39-23-9-5-6-10-23)34-35(31(37)40-27)29(21-14-12-20(2)13-15-21)33-30(36)24-11-7-8-18-32-24/h7-8,11-19,23,27,29H,4-6,9-10H2,1-3H3,(H,33,36). The number of pyridine rings is 1. The molecule has 40 heavy (non-hydrogen) atoms. The van der Waals surface area contributed by atoms with Crippen molar-refractivity contribution >= 4 is 28.6 Å². The first kappa shape index (κ1) is 27.7. The lowest BCUT2D eigenvalue weighted by Crippen LogP contribution is -2.44. The summed E-state index contributed by atoms with van der Waals surface area (Å²) in [7, 11) is 1.64. The van der Waals surface area contributed by atoms with Crippen molar-refractivity contribution in [1.29, 1.82) is 0 Å². The van der Waals surface area contributed by atoms with Gasteiger partial charge in [0.25, 0.3) is 5.91 Å². The van der Waals surface area contributed by atoms with E-state index in [1.54, 1.807) is 31.5 Å². The summed E-state index contributed by atoms with van der Waals surface area (Å²) in [6, 6.07) is 18.6. The monoisotopic (exact) mass is 558 g/mol. The minimum atomic E-state index is -0.824. The number of thioether (sulfide) groups is 1. The van der Waals surface area contributed by atoms with Crippen molar-refractivity contribution in [2.45, 2.75) is 63.5 Å². The number of methoxy groups -OCH3 is 1. The Morgan fingerprint density at radius 1 is 1.10 bits per heavy atom. The molecule has 0 saturated heterocycles. The van der Waals surface area contributed by atoms with Crippen molar-refractivity contribution in [3.63, 3.8) is 0 Å². The molecule has 208 valence electrons. The first-order valence-corrected chi connectivity index (χ1v) is 14.6. The predicted molar refractivity (Wildman–Crippen MR) is 157 cm³/mol. The first-order chi connectivity index (χ1) is 19.5. The van der Waals surface area contributed by atoms with Crippen LogP contribution in [0.25, 0.3) is 0 Å². The van der Waals surface area contributed by atoms with Crippen LogP contribution in [-0.4, -0.2) is 45.3 Å². The summed E-state index contributed by atoms with van der Waals surface area (Å²) in [4.78, 5) is 30.9. The molecule has 1 saturated carbocycles. The van der Waals surface area contributed by atoms with Gasteiger partial charge in [0.2, 0.25) is 0 Å². The lowest BCUT2D eigenvalue weighted by molar-refractivity contribution is 0.0882. The number of carbonyl (C=O) groups excluding carboxylic acids is 2. The molecule has 3 aromatic rings. The third kappa shape index (κ3) is 6.14. The van der Waals surface area contributed by atoms with Crippen molar-refractivity contribution < 1.29 is 19.1 Å². The number of benzene rings is 2. The molecule has 1 aliphatic heterocycles. The summed E-state index contributed by atoms with van der Waals surface area (Å²) in [5.41, 5.74) is 3.67. The highest BCUT2D eigenvalue weighted by Crippen LogP contribution is 2.37. The Morgan fingerprint density at radius 3 is 2.55 bits per heavy atom. The van der Waals surface area contributed by atoms with E-state index in [9.17, 15) is 9.59 Å². The molecule has 0 bridgehead atoms. The van der Waals surface area contributed by atoms with E-state index < -0.39 is 12.1 Å². The van der Waals surface area contributed by atoms with Crippen LogP contribution >= 0.6 is 11.8 Å². The fraction of sp³-hybridized carbons (Fsp3) is 0.355. The Hall–Kier alpha value is -3.85. The number of nitrogens with one attached hydrogen (secondary N) is 1. The zero-order chi connectivity index (χ0) is 28.1. The van der Waals surface area contributed by atoms with Crippen LogP contribution in [0.3, 0.4) is 0 Å². The van der Waals surface area contributed by atoms with Crippen LogP contribution in [0, 0.1) is 6.92 Å². The van der Waals surface area contributed by atoms with Gasteiger partial charge in [0.05, 0.1) is 24.2 Å². The highest BCUT2D eigenvalue weighted by Gasteiger charge is 2.36. The zero-order valence-corrected chi connectivity index (χ0v) is 23.8. The number of hydrazone groups is 1. The number of nitrogens with zero attached hydrogens (tertiary/aromatic N) is 3. The van der Waals surface area contributed by atoms with Crippen molar-refractivity contribution in [2.75, 3.05) is 7.11 Å². The molecule has 1 aliphatic carbocycles. The van der Waals surface area contributed by atoms with E-state index in [-0.39, 0.29) is 22.3 Å². The van der Waals surface area contributed by atoms with Crippen molar-refractivity contribution in [2.24, 2.45) is 5.10 Å². The van der Waals surface area contributed by atoms with Crippen LogP contribution in [0.1, 0.15) is 72.4 Å². The van der Waals surface area contributed by atoms with Gasteiger partial charge in [-0.1, -0.05) is 54.6 Å². The van der Waals surface area contributed by atoms with Gasteiger partial charge < -0.3 is 14.8 Å². The van der Waals surface area contributed by atoms with Crippen molar-refractivity contribution in [3.05, 3.63) is 89.2 Å². The predicted octanol–water partition coefficient (Wildman–Crippen LogP) is 6.50. The molecular weight excluding hydrogens is 524 g/mol. The second-order valence-corrected chi connectivity index (χ2v) is 11.2. The van der Waals surface area contributed by atoms with Gasteiger partial charge >= 0.3 is 5.24 Å². The molecule has 0 radical (unpaired) electrons. The third-order valence-electron chi connectivity index (χ3n) is 7.18. The lowest BCUT2D eigenvalue weighted by Gasteiger charge is -2.34.